The van der Waals surface area contributed by atoms with Crippen molar-refractivity contribution in [3.05, 3.63) is 28.8 Å². The second-order valence-corrected chi connectivity index (χ2v) is 4.87. The molecule has 2 N–H and O–H groups in total. The van der Waals surface area contributed by atoms with Crippen molar-refractivity contribution in [3.8, 4) is 0 Å². The van der Waals surface area contributed by atoms with Crippen LogP contribution >= 0.6 is 11.6 Å². The summed E-state index contributed by atoms with van der Waals surface area (Å²) in [6.07, 6.45) is 0. The maximum Gasteiger partial charge on any atom is 0.0429 e. The lowest BCUT2D eigenvalue weighted by molar-refractivity contribution is 0.276. The molecule has 0 aliphatic heterocycles. The number of halogens is 1. The fraction of sp³-hybridized carbons (Fsp3) is 0.500. The first-order valence-electron chi connectivity index (χ1n) is 5.35. The van der Waals surface area contributed by atoms with E-state index in [2.05, 4.69) is 30.9 Å². The molecule has 16 heavy (non-hydrogen) atoms. The fourth-order valence-corrected chi connectivity index (χ4v) is 1.79. The van der Waals surface area contributed by atoms with Gasteiger partial charge in [-0.25, -0.2) is 0 Å². The van der Waals surface area contributed by atoms with Gasteiger partial charge in [0.05, 0.1) is 0 Å². The van der Waals surface area contributed by atoms with Gasteiger partial charge in [0.1, 0.15) is 0 Å². The van der Waals surface area contributed by atoms with E-state index in [1.807, 2.05) is 12.1 Å². The van der Waals surface area contributed by atoms with Crippen LogP contribution in [0.3, 0.4) is 0 Å². The molecule has 90 valence electrons. The van der Waals surface area contributed by atoms with Crippen LogP contribution in [0.4, 0.5) is 5.69 Å². The Morgan fingerprint density at radius 3 is 2.38 bits per heavy atom. The average Bonchev–Trinajstić information content (AvgIpc) is 2.12. The molecule has 0 aliphatic carbocycles. The van der Waals surface area contributed by atoms with Crippen LogP contribution < -0.4 is 5.73 Å². The highest BCUT2D eigenvalue weighted by Gasteiger charge is 2.03. The Morgan fingerprint density at radius 1 is 1.12 bits per heavy atom. The number of nitrogens with zero attached hydrogens (tertiary/aromatic N) is 2. The van der Waals surface area contributed by atoms with Crippen LogP contribution in [0, 0.1) is 0 Å². The number of likely N-dealkylation sites (N-methyl/N-ethyl adjacent to an activating group) is 2. The third-order valence-corrected chi connectivity index (χ3v) is 2.58. The number of benzene rings is 1. The van der Waals surface area contributed by atoms with Gasteiger partial charge in [-0.1, -0.05) is 11.6 Å². The zero-order valence-corrected chi connectivity index (χ0v) is 11.0. The van der Waals surface area contributed by atoms with Gasteiger partial charge in [0.25, 0.3) is 0 Å². The number of nitrogens with two attached hydrogens (primary N) is 1. The van der Waals surface area contributed by atoms with Crippen molar-refractivity contribution < 1.29 is 0 Å². The molecule has 3 nitrogen and oxygen atoms in total. The Kier molecular flexibility index (Phi) is 5.06. The minimum absolute atomic E-state index is 0.705. The highest BCUT2D eigenvalue weighted by molar-refractivity contribution is 6.30. The maximum absolute atomic E-state index is 5.95. The smallest absolute Gasteiger partial charge is 0.0429 e. The molecule has 0 unspecified atom stereocenters. The normalized spacial score (nSPS) is 11.4. The summed E-state index contributed by atoms with van der Waals surface area (Å²) >= 11 is 5.95. The van der Waals surface area contributed by atoms with E-state index in [-0.39, 0.29) is 0 Å². The van der Waals surface area contributed by atoms with Gasteiger partial charge < -0.3 is 15.5 Å². The summed E-state index contributed by atoms with van der Waals surface area (Å²) in [7, 11) is 6.25. The van der Waals surface area contributed by atoms with Crippen molar-refractivity contribution in [3.63, 3.8) is 0 Å². The predicted octanol–water partition coefficient (Wildman–Crippen LogP) is 1.92. The van der Waals surface area contributed by atoms with E-state index < -0.39 is 0 Å². The third-order valence-electron chi connectivity index (χ3n) is 2.36. The largest absolute Gasteiger partial charge is 0.399 e. The van der Waals surface area contributed by atoms with Crippen LogP contribution in [0.1, 0.15) is 5.56 Å². The van der Waals surface area contributed by atoms with Crippen LogP contribution in [0.15, 0.2) is 18.2 Å². The minimum Gasteiger partial charge on any atom is -0.399 e. The van der Waals surface area contributed by atoms with E-state index >= 15 is 0 Å². The Balaban J connectivity index is 2.52. The van der Waals surface area contributed by atoms with Gasteiger partial charge in [-0.15, -0.1) is 0 Å². The van der Waals surface area contributed by atoms with Crippen molar-refractivity contribution in [1.82, 2.24) is 9.80 Å². The lowest BCUT2D eigenvalue weighted by Crippen LogP contribution is -2.28. The zero-order valence-electron chi connectivity index (χ0n) is 10.2. The molecular weight excluding hydrogens is 222 g/mol. The van der Waals surface area contributed by atoms with Crippen molar-refractivity contribution in [2.24, 2.45) is 0 Å². The van der Waals surface area contributed by atoms with E-state index in [0.717, 1.165) is 30.9 Å². The number of rotatable bonds is 5. The Hall–Kier alpha value is -0.770. The number of hydrogen-bond donors (Lipinski definition) is 1. The monoisotopic (exact) mass is 241 g/mol. The molecule has 0 radical (unpaired) electrons. The molecular formula is C12H20ClN3. The SMILES string of the molecule is CN(C)CCN(C)Cc1cc(N)cc(Cl)c1. The molecule has 1 aromatic carbocycles. The Labute approximate surface area is 103 Å². The minimum atomic E-state index is 0.705. The van der Waals surface area contributed by atoms with Crippen molar-refractivity contribution in [2.45, 2.75) is 6.54 Å². The molecule has 0 aromatic heterocycles. The Morgan fingerprint density at radius 2 is 1.81 bits per heavy atom. The second-order valence-electron chi connectivity index (χ2n) is 4.43. The van der Waals surface area contributed by atoms with Gasteiger partial charge in [0, 0.05) is 30.3 Å². The number of anilines is 1. The summed E-state index contributed by atoms with van der Waals surface area (Å²) in [6, 6.07) is 5.70. The molecule has 0 heterocycles. The van der Waals surface area contributed by atoms with Crippen LogP contribution in [0.25, 0.3) is 0 Å². The van der Waals surface area contributed by atoms with E-state index in [1.165, 1.54) is 0 Å². The van der Waals surface area contributed by atoms with Gasteiger partial charge in [-0.3, -0.25) is 0 Å². The van der Waals surface area contributed by atoms with Gasteiger partial charge in [0.15, 0.2) is 0 Å². The van der Waals surface area contributed by atoms with E-state index in [4.69, 9.17) is 17.3 Å². The quantitative estimate of drug-likeness (QED) is 0.800. The topological polar surface area (TPSA) is 32.5 Å². The lowest BCUT2D eigenvalue weighted by Gasteiger charge is -2.19. The zero-order chi connectivity index (χ0) is 12.1. The predicted molar refractivity (Wildman–Crippen MR) is 70.8 cm³/mol. The molecule has 1 aromatic rings. The van der Waals surface area contributed by atoms with Crippen molar-refractivity contribution in [1.29, 1.82) is 0 Å². The van der Waals surface area contributed by atoms with Crippen molar-refractivity contribution in [2.75, 3.05) is 40.0 Å². The fourth-order valence-electron chi connectivity index (χ4n) is 1.53. The molecule has 0 fully saturated rings. The molecule has 0 atom stereocenters. The summed E-state index contributed by atoms with van der Waals surface area (Å²) in [6.45, 7) is 2.95. The summed E-state index contributed by atoms with van der Waals surface area (Å²) in [5, 5.41) is 0.705. The Bertz CT molecular complexity index is 319. The number of hydrogen-bond acceptors (Lipinski definition) is 3. The first-order valence-corrected chi connectivity index (χ1v) is 5.73. The molecule has 1 rings (SSSR count). The van der Waals surface area contributed by atoms with Crippen LogP contribution in [-0.2, 0) is 6.54 Å². The van der Waals surface area contributed by atoms with Crippen LogP contribution in [0.2, 0.25) is 5.02 Å². The summed E-state index contributed by atoms with van der Waals surface area (Å²) in [5.41, 5.74) is 7.63. The highest BCUT2D eigenvalue weighted by Crippen LogP contribution is 2.17. The molecule has 0 bridgehead atoms. The number of nitrogen functional groups attached to an aromatic ring is 1. The third kappa shape index (κ3) is 4.84. The van der Waals surface area contributed by atoms with Crippen LogP contribution in [-0.4, -0.2) is 44.0 Å². The summed E-state index contributed by atoms with van der Waals surface area (Å²) < 4.78 is 0. The van der Waals surface area contributed by atoms with Gasteiger partial charge in [-0.05, 0) is 44.9 Å². The molecule has 0 amide bonds. The summed E-state index contributed by atoms with van der Waals surface area (Å²) in [4.78, 5) is 4.42. The van der Waals surface area contributed by atoms with Crippen molar-refractivity contribution >= 4 is 17.3 Å². The van der Waals surface area contributed by atoms with E-state index in [1.54, 1.807) is 6.07 Å². The molecule has 0 saturated carbocycles. The molecule has 0 aliphatic rings. The van der Waals surface area contributed by atoms with E-state index in [9.17, 15) is 0 Å². The standard InChI is InChI=1S/C12H20ClN3/c1-15(2)4-5-16(3)9-10-6-11(13)8-12(14)7-10/h6-8H,4-5,9,14H2,1-3H3. The van der Waals surface area contributed by atoms with Gasteiger partial charge in [-0.2, -0.15) is 0 Å². The van der Waals surface area contributed by atoms with Gasteiger partial charge in [0.2, 0.25) is 0 Å². The van der Waals surface area contributed by atoms with Crippen LogP contribution in [0.5, 0.6) is 0 Å². The summed E-state index contributed by atoms with van der Waals surface area (Å²) in [5.74, 6) is 0. The lowest BCUT2D eigenvalue weighted by atomic mass is 10.2. The maximum atomic E-state index is 5.95. The highest BCUT2D eigenvalue weighted by atomic mass is 35.5. The molecule has 4 heteroatoms. The van der Waals surface area contributed by atoms with Gasteiger partial charge >= 0.3 is 0 Å². The van der Waals surface area contributed by atoms with E-state index in [0.29, 0.717) is 5.02 Å². The first-order chi connectivity index (χ1) is 7.47. The average molecular weight is 242 g/mol. The second kappa shape index (κ2) is 6.09. The first kappa shape index (κ1) is 13.3. The molecule has 0 spiro atoms. The molecule has 0 saturated heterocycles.